The van der Waals surface area contributed by atoms with Crippen molar-refractivity contribution in [2.45, 2.75) is 19.4 Å². The second-order valence-corrected chi connectivity index (χ2v) is 5.19. The lowest BCUT2D eigenvalue weighted by atomic mass is 9.94. The lowest BCUT2D eigenvalue weighted by Crippen LogP contribution is -2.48. The fourth-order valence-electron chi connectivity index (χ4n) is 2.38. The Kier molecular flexibility index (Phi) is 4.17. The van der Waals surface area contributed by atoms with E-state index in [9.17, 15) is 23.7 Å². The van der Waals surface area contributed by atoms with E-state index in [1.165, 1.54) is 4.90 Å². The van der Waals surface area contributed by atoms with E-state index >= 15 is 0 Å². The van der Waals surface area contributed by atoms with E-state index in [0.29, 0.717) is 12.5 Å². The molecule has 2 N–H and O–H groups in total. The number of hydrogen-bond donors (Lipinski definition) is 1. The summed E-state index contributed by atoms with van der Waals surface area (Å²) < 4.78 is 27.7. The Labute approximate surface area is 119 Å². The van der Waals surface area contributed by atoms with Crippen molar-refractivity contribution in [2.24, 2.45) is 11.7 Å². The minimum atomic E-state index is -1.44. The molecule has 0 radical (unpaired) electrons. The van der Waals surface area contributed by atoms with Gasteiger partial charge in [-0.2, -0.15) is 4.39 Å². The molecule has 1 aliphatic heterocycles. The van der Waals surface area contributed by atoms with E-state index in [0.717, 1.165) is 6.07 Å². The van der Waals surface area contributed by atoms with Crippen LogP contribution < -0.4 is 5.73 Å². The summed E-state index contributed by atoms with van der Waals surface area (Å²) in [6.07, 6.45) is 0.519. The van der Waals surface area contributed by atoms with Crippen LogP contribution in [0.1, 0.15) is 23.7 Å². The number of nitrogens with zero attached hydrogens (tertiary/aromatic N) is 2. The Morgan fingerprint density at radius 1 is 1.48 bits per heavy atom. The van der Waals surface area contributed by atoms with Gasteiger partial charge in [-0.15, -0.1) is 0 Å². The van der Waals surface area contributed by atoms with Gasteiger partial charge in [-0.05, 0) is 18.4 Å². The number of nitro benzene ring substituents is 1. The summed E-state index contributed by atoms with van der Waals surface area (Å²) in [6.45, 7) is 2.37. The monoisotopic (exact) mass is 299 g/mol. The van der Waals surface area contributed by atoms with Crippen molar-refractivity contribution < 1.29 is 18.5 Å². The number of halogens is 2. The van der Waals surface area contributed by atoms with Crippen LogP contribution in [0.5, 0.6) is 0 Å². The van der Waals surface area contributed by atoms with Gasteiger partial charge in [-0.25, -0.2) is 4.39 Å². The zero-order chi connectivity index (χ0) is 15.7. The van der Waals surface area contributed by atoms with Crippen molar-refractivity contribution in [1.82, 2.24) is 4.90 Å². The fraction of sp³-hybridized carbons (Fsp3) is 0.462. The maximum absolute atomic E-state index is 14.0. The van der Waals surface area contributed by atoms with Gasteiger partial charge >= 0.3 is 5.69 Å². The molecule has 1 heterocycles. The van der Waals surface area contributed by atoms with Gasteiger partial charge in [0.2, 0.25) is 5.82 Å². The molecule has 1 aromatic rings. The van der Waals surface area contributed by atoms with Crippen molar-refractivity contribution in [1.29, 1.82) is 0 Å². The Morgan fingerprint density at radius 2 is 2.14 bits per heavy atom. The molecule has 114 valence electrons. The van der Waals surface area contributed by atoms with E-state index in [-0.39, 0.29) is 25.0 Å². The van der Waals surface area contributed by atoms with Gasteiger partial charge in [0.25, 0.3) is 5.91 Å². The summed E-state index contributed by atoms with van der Waals surface area (Å²) >= 11 is 0. The number of nitrogens with two attached hydrogens (primary N) is 1. The summed E-state index contributed by atoms with van der Waals surface area (Å²) in [6, 6.07) is 1.36. The topological polar surface area (TPSA) is 89.5 Å². The molecule has 0 aliphatic carbocycles. The fourth-order valence-corrected chi connectivity index (χ4v) is 2.38. The van der Waals surface area contributed by atoms with Crippen molar-refractivity contribution in [3.05, 3.63) is 39.4 Å². The standard InChI is InChI=1S/C13H15F2N3O3/c1-7-6-17(5-4-9(7)16)13(19)11-8(14)2-3-10(12(11)15)18(20)21/h2-3,7,9H,4-6,16H2,1H3. The highest BCUT2D eigenvalue weighted by molar-refractivity contribution is 5.95. The molecule has 1 amide bonds. The van der Waals surface area contributed by atoms with Crippen molar-refractivity contribution >= 4 is 11.6 Å². The number of hydrogen-bond acceptors (Lipinski definition) is 4. The van der Waals surface area contributed by atoms with Gasteiger partial charge in [0.05, 0.1) is 4.92 Å². The maximum atomic E-state index is 14.0. The molecule has 0 spiro atoms. The van der Waals surface area contributed by atoms with Crippen LogP contribution >= 0.6 is 0 Å². The van der Waals surface area contributed by atoms with E-state index in [4.69, 9.17) is 5.73 Å². The zero-order valence-corrected chi connectivity index (χ0v) is 11.4. The molecule has 21 heavy (non-hydrogen) atoms. The minimum absolute atomic E-state index is 0.00693. The molecule has 8 heteroatoms. The van der Waals surface area contributed by atoms with E-state index in [2.05, 4.69) is 0 Å². The Balaban J connectivity index is 2.35. The summed E-state index contributed by atoms with van der Waals surface area (Å²) in [5, 5.41) is 10.7. The van der Waals surface area contributed by atoms with Gasteiger partial charge in [0.1, 0.15) is 11.4 Å². The second-order valence-electron chi connectivity index (χ2n) is 5.19. The molecule has 2 atom stereocenters. The predicted molar refractivity (Wildman–Crippen MR) is 70.7 cm³/mol. The molecular formula is C13H15F2N3O3. The van der Waals surface area contributed by atoms with Crippen LogP contribution in [-0.4, -0.2) is 34.9 Å². The molecule has 0 saturated carbocycles. The lowest BCUT2D eigenvalue weighted by molar-refractivity contribution is -0.387. The van der Waals surface area contributed by atoms with Gasteiger partial charge in [0.15, 0.2) is 0 Å². The number of carbonyl (C=O) groups is 1. The van der Waals surface area contributed by atoms with E-state index < -0.39 is 33.7 Å². The van der Waals surface area contributed by atoms with Gasteiger partial charge in [-0.1, -0.05) is 6.92 Å². The zero-order valence-electron chi connectivity index (χ0n) is 11.4. The number of carbonyl (C=O) groups excluding carboxylic acids is 1. The summed E-state index contributed by atoms with van der Waals surface area (Å²) in [5.74, 6) is -3.43. The third kappa shape index (κ3) is 2.85. The van der Waals surface area contributed by atoms with Crippen LogP contribution in [0.4, 0.5) is 14.5 Å². The summed E-state index contributed by atoms with van der Waals surface area (Å²) in [5.41, 5.74) is 4.03. The first kappa shape index (κ1) is 15.3. The first-order valence-electron chi connectivity index (χ1n) is 6.50. The van der Waals surface area contributed by atoms with Gasteiger partial charge < -0.3 is 10.6 Å². The molecule has 2 unspecified atom stereocenters. The number of likely N-dealkylation sites (tertiary alicyclic amines) is 1. The molecule has 0 aromatic heterocycles. The van der Waals surface area contributed by atoms with Crippen LogP contribution in [-0.2, 0) is 0 Å². The van der Waals surface area contributed by atoms with Crippen LogP contribution in [0.15, 0.2) is 12.1 Å². The van der Waals surface area contributed by atoms with E-state index in [1.54, 1.807) is 0 Å². The second kappa shape index (κ2) is 5.72. The molecular weight excluding hydrogens is 284 g/mol. The van der Waals surface area contributed by atoms with Crippen LogP contribution in [0.25, 0.3) is 0 Å². The average molecular weight is 299 g/mol. The number of benzene rings is 1. The Morgan fingerprint density at radius 3 is 2.71 bits per heavy atom. The Hall–Kier alpha value is -2.09. The molecule has 0 bridgehead atoms. The van der Waals surface area contributed by atoms with Crippen molar-refractivity contribution in [3.8, 4) is 0 Å². The van der Waals surface area contributed by atoms with Crippen LogP contribution in [0, 0.1) is 27.7 Å². The third-order valence-corrected chi connectivity index (χ3v) is 3.74. The lowest BCUT2D eigenvalue weighted by Gasteiger charge is -2.35. The molecule has 6 nitrogen and oxygen atoms in total. The largest absolute Gasteiger partial charge is 0.338 e. The van der Waals surface area contributed by atoms with Crippen LogP contribution in [0.2, 0.25) is 0 Å². The molecule has 1 aromatic carbocycles. The van der Waals surface area contributed by atoms with Crippen molar-refractivity contribution in [3.63, 3.8) is 0 Å². The molecule has 1 aliphatic rings. The van der Waals surface area contributed by atoms with Crippen molar-refractivity contribution in [2.75, 3.05) is 13.1 Å². The minimum Gasteiger partial charge on any atom is -0.338 e. The molecule has 1 saturated heterocycles. The third-order valence-electron chi connectivity index (χ3n) is 3.74. The quantitative estimate of drug-likeness (QED) is 0.664. The average Bonchev–Trinajstić information content (AvgIpc) is 2.41. The first-order chi connectivity index (χ1) is 9.82. The number of nitro groups is 1. The van der Waals surface area contributed by atoms with Crippen LogP contribution in [0.3, 0.4) is 0 Å². The number of rotatable bonds is 2. The molecule has 2 rings (SSSR count). The smallest absolute Gasteiger partial charge is 0.305 e. The number of amides is 1. The van der Waals surface area contributed by atoms with E-state index in [1.807, 2.05) is 6.92 Å². The first-order valence-corrected chi connectivity index (χ1v) is 6.50. The highest BCUT2D eigenvalue weighted by atomic mass is 19.1. The maximum Gasteiger partial charge on any atom is 0.305 e. The normalized spacial score (nSPS) is 22.2. The summed E-state index contributed by atoms with van der Waals surface area (Å²) in [7, 11) is 0. The highest BCUT2D eigenvalue weighted by Crippen LogP contribution is 2.26. The predicted octanol–water partition coefficient (Wildman–Crippen LogP) is 1.68. The molecule has 1 fully saturated rings. The Bertz CT molecular complexity index is 594. The van der Waals surface area contributed by atoms with Gasteiger partial charge in [-0.3, -0.25) is 14.9 Å². The number of piperidine rings is 1. The summed E-state index contributed by atoms with van der Waals surface area (Å²) in [4.78, 5) is 23.2. The van der Waals surface area contributed by atoms with Gasteiger partial charge in [0, 0.05) is 25.2 Å². The SMILES string of the molecule is CC1CN(C(=O)c2c(F)ccc([N+](=O)[O-])c2F)CCC1N. The highest BCUT2D eigenvalue weighted by Gasteiger charge is 2.32.